The van der Waals surface area contributed by atoms with Crippen molar-refractivity contribution in [1.29, 1.82) is 0 Å². The predicted molar refractivity (Wildman–Crippen MR) is 54.3 cm³/mol. The van der Waals surface area contributed by atoms with Gasteiger partial charge in [0.15, 0.2) is 0 Å². The molecule has 6 heteroatoms. The zero-order valence-corrected chi connectivity index (χ0v) is 12.3. The SMILES string of the molecule is NC1(c2ccc(C[B-](F)(F)F)cc2)CC1.[K+]. The molecule has 1 aliphatic carbocycles. The Balaban J connectivity index is 0.00000128. The van der Waals surface area contributed by atoms with Crippen LogP contribution < -0.4 is 57.1 Å². The van der Waals surface area contributed by atoms with Crippen LogP contribution in [0.2, 0.25) is 0 Å². The van der Waals surface area contributed by atoms with Crippen molar-refractivity contribution in [3.05, 3.63) is 35.4 Å². The Morgan fingerprint density at radius 3 is 2.00 bits per heavy atom. The molecule has 16 heavy (non-hydrogen) atoms. The van der Waals surface area contributed by atoms with E-state index in [0.717, 1.165) is 18.4 Å². The second-order valence-electron chi connectivity index (χ2n) is 4.27. The molecule has 0 unspecified atom stereocenters. The van der Waals surface area contributed by atoms with Crippen LogP contribution in [0.3, 0.4) is 0 Å². The van der Waals surface area contributed by atoms with Crippen molar-refractivity contribution in [3.8, 4) is 0 Å². The molecule has 2 rings (SSSR count). The smallest absolute Gasteiger partial charge is 0.449 e. The monoisotopic (exact) mass is 253 g/mol. The van der Waals surface area contributed by atoms with Gasteiger partial charge in [-0.05, 0) is 18.4 Å². The van der Waals surface area contributed by atoms with Gasteiger partial charge in [0.25, 0.3) is 0 Å². The average Bonchev–Trinajstić information content (AvgIpc) is 2.83. The molecule has 1 aliphatic rings. The third-order valence-electron chi connectivity index (χ3n) is 2.78. The number of rotatable bonds is 3. The van der Waals surface area contributed by atoms with E-state index in [2.05, 4.69) is 0 Å². The van der Waals surface area contributed by atoms with E-state index in [1.165, 1.54) is 12.1 Å². The van der Waals surface area contributed by atoms with Crippen molar-refractivity contribution < 1.29 is 64.3 Å². The largest absolute Gasteiger partial charge is 1.00 e. The van der Waals surface area contributed by atoms with E-state index < -0.39 is 13.3 Å². The minimum Gasteiger partial charge on any atom is -0.449 e. The minimum atomic E-state index is -4.74. The van der Waals surface area contributed by atoms with Crippen molar-refractivity contribution in [2.24, 2.45) is 5.73 Å². The third kappa shape index (κ3) is 3.85. The van der Waals surface area contributed by atoms with E-state index >= 15 is 0 Å². The number of nitrogens with two attached hydrogens (primary N) is 1. The Morgan fingerprint density at radius 2 is 1.62 bits per heavy atom. The molecular formula is C10H12BF3KN. The van der Waals surface area contributed by atoms with Crippen LogP contribution in [-0.2, 0) is 11.9 Å². The molecule has 0 atom stereocenters. The average molecular weight is 253 g/mol. The first-order chi connectivity index (χ1) is 6.89. The number of hydrogen-bond acceptors (Lipinski definition) is 1. The molecule has 0 aliphatic heterocycles. The van der Waals surface area contributed by atoms with Gasteiger partial charge in [0.2, 0.25) is 0 Å². The summed E-state index contributed by atoms with van der Waals surface area (Å²) in [5.74, 6) is 0. The number of hydrogen-bond donors (Lipinski definition) is 1. The molecule has 1 fully saturated rings. The Hall–Kier alpha value is 0.671. The van der Waals surface area contributed by atoms with Crippen LogP contribution in [0.5, 0.6) is 0 Å². The molecule has 0 amide bonds. The van der Waals surface area contributed by atoms with E-state index in [1.807, 2.05) is 0 Å². The zero-order chi connectivity index (χ0) is 11.1. The fourth-order valence-electron chi connectivity index (χ4n) is 1.66. The summed E-state index contributed by atoms with van der Waals surface area (Å²) in [6.45, 7) is -4.74. The summed E-state index contributed by atoms with van der Waals surface area (Å²) < 4.78 is 36.4. The van der Waals surface area contributed by atoms with Crippen LogP contribution >= 0.6 is 0 Å². The van der Waals surface area contributed by atoms with Gasteiger partial charge in [-0.1, -0.05) is 36.1 Å². The van der Waals surface area contributed by atoms with Crippen LogP contribution in [0, 0.1) is 0 Å². The molecule has 2 N–H and O–H groups in total. The third-order valence-corrected chi connectivity index (χ3v) is 2.78. The van der Waals surface area contributed by atoms with E-state index in [9.17, 15) is 12.9 Å². The molecular weight excluding hydrogens is 241 g/mol. The Labute approximate surface area is 135 Å². The maximum atomic E-state index is 12.1. The molecule has 82 valence electrons. The first-order valence-corrected chi connectivity index (χ1v) is 4.98. The molecule has 0 aromatic heterocycles. The van der Waals surface area contributed by atoms with Crippen molar-refractivity contribution in [2.75, 3.05) is 0 Å². The molecule has 1 saturated carbocycles. The predicted octanol–water partition coefficient (Wildman–Crippen LogP) is -0.432. The summed E-state index contributed by atoms with van der Waals surface area (Å²) in [5, 5.41) is 0. The molecule has 1 nitrogen and oxygen atoms in total. The van der Waals surface area contributed by atoms with E-state index in [4.69, 9.17) is 5.73 Å². The summed E-state index contributed by atoms with van der Waals surface area (Å²) in [6.07, 6.45) is 1.04. The summed E-state index contributed by atoms with van der Waals surface area (Å²) in [6, 6.07) is 6.48. The Bertz CT molecular complexity index is 359. The van der Waals surface area contributed by atoms with Gasteiger partial charge < -0.3 is 18.7 Å². The second kappa shape index (κ2) is 5.12. The van der Waals surface area contributed by atoms with Crippen LogP contribution in [-0.4, -0.2) is 6.98 Å². The molecule has 0 heterocycles. The van der Waals surface area contributed by atoms with Gasteiger partial charge in [-0.25, -0.2) is 0 Å². The fourth-order valence-corrected chi connectivity index (χ4v) is 1.66. The topological polar surface area (TPSA) is 26.0 Å². The standard InChI is InChI=1S/C10H12BF3N.K/c12-11(13,14)7-8-1-3-9(4-2-8)10(15)5-6-10;/h1-4H,5-7,15H2;/q-1;+1. The normalized spacial score (nSPS) is 17.8. The van der Waals surface area contributed by atoms with Crippen LogP contribution in [0.4, 0.5) is 12.9 Å². The maximum absolute atomic E-state index is 12.1. The minimum absolute atomic E-state index is 0. The number of halogens is 3. The molecule has 0 spiro atoms. The summed E-state index contributed by atoms with van der Waals surface area (Å²) in [5.41, 5.74) is 6.93. The first kappa shape index (κ1) is 14.7. The van der Waals surface area contributed by atoms with Gasteiger partial charge in [0.05, 0.1) is 0 Å². The van der Waals surface area contributed by atoms with E-state index in [1.54, 1.807) is 12.1 Å². The maximum Gasteiger partial charge on any atom is 1.00 e. The van der Waals surface area contributed by atoms with Crippen molar-refractivity contribution in [3.63, 3.8) is 0 Å². The van der Waals surface area contributed by atoms with Gasteiger partial charge in [0, 0.05) is 5.54 Å². The summed E-state index contributed by atoms with van der Waals surface area (Å²) in [7, 11) is 0. The van der Waals surface area contributed by atoms with Crippen molar-refractivity contribution >= 4 is 6.98 Å². The summed E-state index contributed by atoms with van der Waals surface area (Å²) in [4.78, 5) is 0. The van der Waals surface area contributed by atoms with Crippen molar-refractivity contribution in [1.82, 2.24) is 0 Å². The van der Waals surface area contributed by atoms with Gasteiger partial charge in [0.1, 0.15) is 0 Å². The fraction of sp³-hybridized carbons (Fsp3) is 0.400. The van der Waals surface area contributed by atoms with Crippen LogP contribution in [0.1, 0.15) is 24.0 Å². The molecule has 0 saturated heterocycles. The van der Waals surface area contributed by atoms with Gasteiger partial charge >= 0.3 is 58.4 Å². The molecule has 1 aromatic carbocycles. The molecule has 0 bridgehead atoms. The number of benzene rings is 1. The van der Waals surface area contributed by atoms with E-state index in [0.29, 0.717) is 5.56 Å². The van der Waals surface area contributed by atoms with Gasteiger partial charge in [-0.3, -0.25) is 0 Å². The Kier molecular flexibility index (Phi) is 4.71. The van der Waals surface area contributed by atoms with Gasteiger partial charge in [-0.2, -0.15) is 0 Å². The molecule has 1 aromatic rings. The second-order valence-corrected chi connectivity index (χ2v) is 4.27. The Morgan fingerprint density at radius 1 is 1.12 bits per heavy atom. The first-order valence-electron chi connectivity index (χ1n) is 4.98. The van der Waals surface area contributed by atoms with E-state index in [-0.39, 0.29) is 56.9 Å². The van der Waals surface area contributed by atoms with Crippen LogP contribution in [0.25, 0.3) is 0 Å². The van der Waals surface area contributed by atoms with Gasteiger partial charge in [-0.15, -0.1) is 0 Å². The quantitative estimate of drug-likeness (QED) is 0.727. The van der Waals surface area contributed by atoms with Crippen molar-refractivity contribution in [2.45, 2.75) is 24.7 Å². The van der Waals surface area contributed by atoms with Crippen LogP contribution in [0.15, 0.2) is 24.3 Å². The molecule has 0 radical (unpaired) electrons. The summed E-state index contributed by atoms with van der Waals surface area (Å²) >= 11 is 0. The zero-order valence-electron chi connectivity index (χ0n) is 9.22.